The third-order valence-electron chi connectivity index (χ3n) is 3.00. The smallest absolute Gasteiger partial charge is 0.272 e. The Hall–Kier alpha value is -1.62. The molecule has 0 aliphatic heterocycles. The maximum Gasteiger partial charge on any atom is 0.272 e. The Morgan fingerprint density at radius 3 is 2.60 bits per heavy atom. The maximum absolute atomic E-state index is 11.9. The average Bonchev–Trinajstić information content (AvgIpc) is 2.41. The van der Waals surface area contributed by atoms with Gasteiger partial charge in [-0.2, -0.15) is 0 Å². The molecule has 1 aromatic carbocycles. The van der Waals surface area contributed by atoms with Gasteiger partial charge >= 0.3 is 0 Å². The number of nitrogens with zero attached hydrogens (tertiary/aromatic N) is 1. The van der Waals surface area contributed by atoms with Crippen molar-refractivity contribution in [1.29, 1.82) is 0 Å². The molecule has 0 unspecified atom stereocenters. The van der Waals surface area contributed by atoms with Crippen LogP contribution < -0.4 is 5.32 Å². The second-order valence-electron chi connectivity index (χ2n) is 4.62. The molecule has 110 valence electrons. The van der Waals surface area contributed by atoms with Crippen LogP contribution in [-0.2, 0) is 0 Å². The summed E-state index contributed by atoms with van der Waals surface area (Å²) in [5.74, 6) is 0.481. The first kappa shape index (κ1) is 16.4. The van der Waals surface area contributed by atoms with E-state index in [1.807, 2.05) is 0 Å². The van der Waals surface area contributed by atoms with Gasteiger partial charge in [0.1, 0.15) is 0 Å². The van der Waals surface area contributed by atoms with Crippen LogP contribution >= 0.6 is 11.6 Å². The largest absolute Gasteiger partial charge is 0.352 e. The molecule has 5 nitrogen and oxygen atoms in total. The standard InChI is InChI=1S/C14H19ClN2O3/c1-11-10-12(6-7-13(11)17(19)20)14(18)16-9-5-3-2-4-8-15/h6-7,10H,2-5,8-9H2,1H3,(H,16,18). The zero-order chi connectivity index (χ0) is 15.0. The Morgan fingerprint density at radius 2 is 2.00 bits per heavy atom. The van der Waals surface area contributed by atoms with E-state index in [0.29, 0.717) is 23.6 Å². The number of hydrogen-bond acceptors (Lipinski definition) is 3. The molecule has 0 fully saturated rings. The van der Waals surface area contributed by atoms with Gasteiger partial charge in [-0.25, -0.2) is 0 Å². The predicted octanol–water partition coefficient (Wildman–Crippen LogP) is 3.43. The van der Waals surface area contributed by atoms with Crippen molar-refractivity contribution in [3.63, 3.8) is 0 Å². The Kier molecular flexibility index (Phi) is 7.01. The van der Waals surface area contributed by atoms with Crippen molar-refractivity contribution in [2.45, 2.75) is 32.6 Å². The number of aryl methyl sites for hydroxylation is 1. The van der Waals surface area contributed by atoms with Gasteiger partial charge in [-0.1, -0.05) is 12.8 Å². The molecule has 0 aliphatic carbocycles. The fourth-order valence-corrected chi connectivity index (χ4v) is 2.07. The topological polar surface area (TPSA) is 72.2 Å². The van der Waals surface area contributed by atoms with Crippen molar-refractivity contribution >= 4 is 23.2 Å². The summed E-state index contributed by atoms with van der Waals surface area (Å²) in [4.78, 5) is 22.1. The van der Waals surface area contributed by atoms with E-state index in [0.717, 1.165) is 25.7 Å². The van der Waals surface area contributed by atoms with E-state index < -0.39 is 4.92 Å². The van der Waals surface area contributed by atoms with Gasteiger partial charge in [0.25, 0.3) is 11.6 Å². The van der Waals surface area contributed by atoms with E-state index in [4.69, 9.17) is 11.6 Å². The molecule has 0 aliphatic rings. The Labute approximate surface area is 123 Å². The SMILES string of the molecule is Cc1cc(C(=O)NCCCCCCCl)ccc1[N+](=O)[O-]. The number of nitro benzene ring substituents is 1. The number of nitro groups is 1. The highest BCUT2D eigenvalue weighted by Crippen LogP contribution is 2.18. The van der Waals surface area contributed by atoms with Gasteiger partial charge in [-0.05, 0) is 31.9 Å². The summed E-state index contributed by atoms with van der Waals surface area (Å²) in [7, 11) is 0. The Balaban J connectivity index is 2.44. The third-order valence-corrected chi connectivity index (χ3v) is 3.27. The van der Waals surface area contributed by atoms with Gasteiger partial charge < -0.3 is 5.32 Å². The van der Waals surface area contributed by atoms with Crippen molar-refractivity contribution in [3.8, 4) is 0 Å². The van der Waals surface area contributed by atoms with E-state index in [9.17, 15) is 14.9 Å². The summed E-state index contributed by atoms with van der Waals surface area (Å²) in [6.07, 6.45) is 4.01. The van der Waals surface area contributed by atoms with Crippen LogP contribution in [0.5, 0.6) is 0 Å². The second kappa shape index (κ2) is 8.53. The van der Waals surface area contributed by atoms with Gasteiger partial charge in [-0.3, -0.25) is 14.9 Å². The van der Waals surface area contributed by atoms with E-state index in [1.165, 1.54) is 12.1 Å². The molecule has 0 saturated heterocycles. The molecule has 1 N–H and O–H groups in total. The van der Waals surface area contributed by atoms with Crippen LogP contribution in [0.2, 0.25) is 0 Å². The van der Waals surface area contributed by atoms with Crippen LogP contribution in [0.1, 0.15) is 41.6 Å². The first-order chi connectivity index (χ1) is 9.56. The third kappa shape index (κ3) is 5.17. The van der Waals surface area contributed by atoms with Gasteiger partial charge in [-0.15, -0.1) is 11.6 Å². The highest BCUT2D eigenvalue weighted by atomic mass is 35.5. The average molecular weight is 299 g/mol. The van der Waals surface area contributed by atoms with E-state index in [2.05, 4.69) is 5.32 Å². The number of alkyl halides is 1. The van der Waals surface area contributed by atoms with Crippen molar-refractivity contribution in [1.82, 2.24) is 5.32 Å². The first-order valence-corrected chi connectivity index (χ1v) is 7.19. The van der Waals surface area contributed by atoms with E-state index in [1.54, 1.807) is 13.0 Å². The van der Waals surface area contributed by atoms with Crippen molar-refractivity contribution < 1.29 is 9.72 Å². The monoisotopic (exact) mass is 298 g/mol. The number of hydrogen-bond donors (Lipinski definition) is 1. The van der Waals surface area contributed by atoms with Crippen molar-refractivity contribution in [2.24, 2.45) is 0 Å². The second-order valence-corrected chi connectivity index (χ2v) is 5.00. The number of carbonyl (C=O) groups excluding carboxylic acids is 1. The van der Waals surface area contributed by atoms with Crippen molar-refractivity contribution in [3.05, 3.63) is 39.4 Å². The number of rotatable bonds is 8. The quantitative estimate of drug-likeness (QED) is 0.346. The Bertz CT molecular complexity index is 477. The lowest BCUT2D eigenvalue weighted by molar-refractivity contribution is -0.385. The molecule has 0 heterocycles. The minimum absolute atomic E-state index is 0.0302. The van der Waals surface area contributed by atoms with Crippen LogP contribution in [0.4, 0.5) is 5.69 Å². The number of benzene rings is 1. The molecule has 1 aromatic rings. The summed E-state index contributed by atoms with van der Waals surface area (Å²) >= 11 is 5.58. The lowest BCUT2D eigenvalue weighted by atomic mass is 10.1. The zero-order valence-electron chi connectivity index (χ0n) is 11.5. The molecule has 6 heteroatoms. The molecule has 0 spiro atoms. The molecule has 1 rings (SSSR count). The fourth-order valence-electron chi connectivity index (χ4n) is 1.88. The molecule has 1 amide bonds. The highest BCUT2D eigenvalue weighted by molar-refractivity contribution is 6.17. The Morgan fingerprint density at radius 1 is 1.30 bits per heavy atom. The summed E-state index contributed by atoms with van der Waals surface area (Å²) in [6, 6.07) is 4.39. The maximum atomic E-state index is 11.9. The number of amides is 1. The predicted molar refractivity (Wildman–Crippen MR) is 79.4 cm³/mol. The van der Waals surface area contributed by atoms with Crippen LogP contribution in [0.25, 0.3) is 0 Å². The van der Waals surface area contributed by atoms with E-state index >= 15 is 0 Å². The molecule has 0 bridgehead atoms. The van der Waals surface area contributed by atoms with Gasteiger partial charge in [0.05, 0.1) is 4.92 Å². The van der Waals surface area contributed by atoms with Crippen LogP contribution in [-0.4, -0.2) is 23.3 Å². The summed E-state index contributed by atoms with van der Waals surface area (Å²) in [5.41, 5.74) is 0.973. The molecule has 0 radical (unpaired) electrons. The molecular weight excluding hydrogens is 280 g/mol. The number of unbranched alkanes of at least 4 members (excludes halogenated alkanes) is 3. The molecule has 0 aromatic heterocycles. The normalized spacial score (nSPS) is 10.3. The number of nitrogens with one attached hydrogen (secondary N) is 1. The molecule has 0 saturated carbocycles. The minimum atomic E-state index is -0.451. The van der Waals surface area contributed by atoms with Crippen LogP contribution in [0.15, 0.2) is 18.2 Å². The number of halogens is 1. The van der Waals surface area contributed by atoms with E-state index in [-0.39, 0.29) is 11.6 Å². The molecule has 0 atom stereocenters. The van der Waals surface area contributed by atoms with Gasteiger partial charge in [0, 0.05) is 29.6 Å². The lowest BCUT2D eigenvalue weighted by Crippen LogP contribution is -2.24. The van der Waals surface area contributed by atoms with Crippen LogP contribution in [0.3, 0.4) is 0 Å². The summed E-state index contributed by atoms with van der Waals surface area (Å²) in [6.45, 7) is 2.23. The molecular formula is C14H19ClN2O3. The summed E-state index contributed by atoms with van der Waals surface area (Å²) in [5, 5.41) is 13.5. The summed E-state index contributed by atoms with van der Waals surface area (Å²) < 4.78 is 0. The fraction of sp³-hybridized carbons (Fsp3) is 0.500. The zero-order valence-corrected chi connectivity index (χ0v) is 12.3. The first-order valence-electron chi connectivity index (χ1n) is 6.65. The minimum Gasteiger partial charge on any atom is -0.352 e. The lowest BCUT2D eigenvalue weighted by Gasteiger charge is -2.06. The van der Waals surface area contributed by atoms with Crippen LogP contribution in [0, 0.1) is 17.0 Å². The van der Waals surface area contributed by atoms with Crippen molar-refractivity contribution in [2.75, 3.05) is 12.4 Å². The molecule has 20 heavy (non-hydrogen) atoms. The highest BCUT2D eigenvalue weighted by Gasteiger charge is 2.13. The van der Waals surface area contributed by atoms with Gasteiger partial charge in [0.2, 0.25) is 0 Å². The number of carbonyl (C=O) groups is 1. The van der Waals surface area contributed by atoms with Gasteiger partial charge in [0.15, 0.2) is 0 Å².